The minimum atomic E-state index is -0.479. The fourth-order valence-corrected chi connectivity index (χ4v) is 4.49. The SMILES string of the molecule is COc1ccc2nc(NC(=O)Cc3cc(=O)oc4ccc5ccccc5c34)sc2c1. The third-order valence-electron chi connectivity index (χ3n) is 4.91. The third-order valence-corrected chi connectivity index (χ3v) is 5.84. The topological polar surface area (TPSA) is 81.4 Å². The Morgan fingerprint density at radius 2 is 2.00 bits per heavy atom. The number of methoxy groups -OCH3 is 1. The number of ether oxygens (including phenoxy) is 1. The molecule has 0 saturated heterocycles. The van der Waals surface area contributed by atoms with Gasteiger partial charge in [-0.3, -0.25) is 4.79 Å². The maximum absolute atomic E-state index is 12.8. The van der Waals surface area contributed by atoms with Crippen LogP contribution in [0.3, 0.4) is 0 Å². The second-order valence-corrected chi connectivity index (χ2v) is 7.86. The quantitative estimate of drug-likeness (QED) is 0.338. The third kappa shape index (κ3) is 3.29. The van der Waals surface area contributed by atoms with Gasteiger partial charge in [0, 0.05) is 11.5 Å². The van der Waals surface area contributed by atoms with E-state index in [0.29, 0.717) is 16.3 Å². The van der Waals surface area contributed by atoms with Gasteiger partial charge in [0.1, 0.15) is 11.3 Å². The fraction of sp³-hybridized carbons (Fsp3) is 0.0870. The van der Waals surface area contributed by atoms with Crippen molar-refractivity contribution in [2.45, 2.75) is 6.42 Å². The normalized spacial score (nSPS) is 11.2. The molecule has 5 aromatic rings. The molecule has 148 valence electrons. The molecule has 0 bridgehead atoms. The summed E-state index contributed by atoms with van der Waals surface area (Å²) in [5.74, 6) is 0.485. The smallest absolute Gasteiger partial charge is 0.336 e. The molecule has 5 rings (SSSR count). The zero-order chi connectivity index (χ0) is 20.7. The number of fused-ring (bicyclic) bond motifs is 4. The Labute approximate surface area is 174 Å². The predicted octanol–water partition coefficient (Wildman–Crippen LogP) is 4.75. The van der Waals surface area contributed by atoms with Crippen molar-refractivity contribution in [3.63, 3.8) is 0 Å². The molecule has 0 aliphatic carbocycles. The van der Waals surface area contributed by atoms with E-state index in [-0.39, 0.29) is 12.3 Å². The van der Waals surface area contributed by atoms with Crippen LogP contribution in [0.15, 0.2) is 69.9 Å². The van der Waals surface area contributed by atoms with Gasteiger partial charge in [-0.05, 0) is 40.6 Å². The molecule has 2 heterocycles. The number of benzene rings is 3. The van der Waals surface area contributed by atoms with Crippen LogP contribution in [0.2, 0.25) is 0 Å². The molecule has 1 N–H and O–H groups in total. The van der Waals surface area contributed by atoms with Crippen LogP contribution in [0.5, 0.6) is 5.75 Å². The number of amides is 1. The Morgan fingerprint density at radius 3 is 2.87 bits per heavy atom. The summed E-state index contributed by atoms with van der Waals surface area (Å²) in [5, 5.41) is 6.07. The summed E-state index contributed by atoms with van der Waals surface area (Å²) < 4.78 is 11.5. The lowest BCUT2D eigenvalue weighted by atomic mass is 10.00. The van der Waals surface area contributed by atoms with Crippen LogP contribution in [-0.4, -0.2) is 18.0 Å². The number of carbonyl (C=O) groups is 1. The number of anilines is 1. The molecule has 30 heavy (non-hydrogen) atoms. The van der Waals surface area contributed by atoms with Crippen LogP contribution >= 0.6 is 11.3 Å². The first-order chi connectivity index (χ1) is 14.6. The van der Waals surface area contributed by atoms with Gasteiger partial charge in [0.05, 0.1) is 23.7 Å². The highest BCUT2D eigenvalue weighted by molar-refractivity contribution is 7.22. The summed E-state index contributed by atoms with van der Waals surface area (Å²) in [6.45, 7) is 0. The van der Waals surface area contributed by atoms with Crippen molar-refractivity contribution < 1.29 is 13.9 Å². The van der Waals surface area contributed by atoms with Gasteiger partial charge in [0.15, 0.2) is 5.13 Å². The molecule has 0 unspecified atom stereocenters. The number of hydrogen-bond acceptors (Lipinski definition) is 6. The minimum absolute atomic E-state index is 0.0371. The summed E-state index contributed by atoms with van der Waals surface area (Å²) in [5.41, 5.74) is 1.40. The van der Waals surface area contributed by atoms with Gasteiger partial charge in [0.25, 0.3) is 0 Å². The van der Waals surface area contributed by atoms with E-state index in [9.17, 15) is 9.59 Å². The molecule has 0 aliphatic rings. The summed E-state index contributed by atoms with van der Waals surface area (Å²) in [4.78, 5) is 29.3. The van der Waals surface area contributed by atoms with Crippen molar-refractivity contribution >= 4 is 54.3 Å². The lowest BCUT2D eigenvalue weighted by Crippen LogP contribution is -2.15. The van der Waals surface area contributed by atoms with E-state index < -0.39 is 5.63 Å². The second kappa shape index (κ2) is 7.27. The maximum Gasteiger partial charge on any atom is 0.336 e. The average molecular weight is 416 g/mol. The van der Waals surface area contributed by atoms with Crippen molar-refractivity contribution in [3.05, 3.63) is 76.6 Å². The second-order valence-electron chi connectivity index (χ2n) is 6.83. The number of thiazole rings is 1. The molecule has 0 atom stereocenters. The van der Waals surface area contributed by atoms with Crippen molar-refractivity contribution in [1.82, 2.24) is 4.98 Å². The van der Waals surface area contributed by atoms with Crippen molar-refractivity contribution in [3.8, 4) is 5.75 Å². The summed E-state index contributed by atoms with van der Waals surface area (Å²) >= 11 is 1.37. The minimum Gasteiger partial charge on any atom is -0.497 e. The highest BCUT2D eigenvalue weighted by Gasteiger charge is 2.14. The van der Waals surface area contributed by atoms with E-state index >= 15 is 0 Å². The molecule has 0 saturated carbocycles. The van der Waals surface area contributed by atoms with E-state index in [4.69, 9.17) is 9.15 Å². The van der Waals surface area contributed by atoms with Crippen LogP contribution in [0.4, 0.5) is 5.13 Å². The Morgan fingerprint density at radius 1 is 1.13 bits per heavy atom. The van der Waals surface area contributed by atoms with Gasteiger partial charge in [-0.2, -0.15) is 0 Å². The summed E-state index contributed by atoms with van der Waals surface area (Å²) in [6.07, 6.45) is 0.0371. The molecule has 1 amide bonds. The number of hydrogen-bond donors (Lipinski definition) is 1. The molecular formula is C23H16N2O4S. The van der Waals surface area contributed by atoms with E-state index in [1.54, 1.807) is 13.2 Å². The van der Waals surface area contributed by atoms with Crippen LogP contribution < -0.4 is 15.7 Å². The zero-order valence-corrected chi connectivity index (χ0v) is 16.8. The van der Waals surface area contributed by atoms with Crippen molar-refractivity contribution in [1.29, 1.82) is 0 Å². The first-order valence-corrected chi connectivity index (χ1v) is 10.1. The molecule has 2 aromatic heterocycles. The Kier molecular flexibility index (Phi) is 4.44. The summed E-state index contributed by atoms with van der Waals surface area (Å²) in [6, 6.07) is 18.4. The number of nitrogens with zero attached hydrogens (tertiary/aromatic N) is 1. The number of nitrogens with one attached hydrogen (secondary N) is 1. The first kappa shape index (κ1) is 18.3. The standard InChI is InChI=1S/C23H16N2O4S/c1-28-15-7-8-17-19(12-15)30-23(24-17)25-20(26)10-14-11-21(27)29-18-9-6-13-4-2-3-5-16(13)22(14)18/h2-9,11-12H,10H2,1H3,(H,24,25,26). The van der Waals surface area contributed by atoms with Gasteiger partial charge in [-0.25, -0.2) is 9.78 Å². The fourth-order valence-electron chi connectivity index (χ4n) is 3.58. The van der Waals surface area contributed by atoms with Gasteiger partial charge < -0.3 is 14.5 Å². The monoisotopic (exact) mass is 416 g/mol. The lowest BCUT2D eigenvalue weighted by molar-refractivity contribution is -0.115. The highest BCUT2D eigenvalue weighted by Crippen LogP contribution is 2.30. The number of carbonyl (C=O) groups excluding carboxylic acids is 1. The predicted molar refractivity (Wildman–Crippen MR) is 118 cm³/mol. The van der Waals surface area contributed by atoms with Gasteiger partial charge >= 0.3 is 5.63 Å². The molecule has 0 spiro atoms. The molecular weight excluding hydrogens is 400 g/mol. The van der Waals surface area contributed by atoms with Crippen LogP contribution in [-0.2, 0) is 11.2 Å². The molecule has 7 heteroatoms. The van der Waals surface area contributed by atoms with E-state index in [1.807, 2.05) is 48.5 Å². The Hall–Kier alpha value is -3.71. The molecule has 3 aromatic carbocycles. The van der Waals surface area contributed by atoms with E-state index in [1.165, 1.54) is 17.4 Å². The number of rotatable bonds is 4. The van der Waals surface area contributed by atoms with E-state index in [0.717, 1.165) is 32.1 Å². The number of aromatic nitrogens is 1. The Balaban J connectivity index is 1.50. The van der Waals surface area contributed by atoms with Crippen LogP contribution in [0.1, 0.15) is 5.56 Å². The summed E-state index contributed by atoms with van der Waals surface area (Å²) in [7, 11) is 1.61. The maximum atomic E-state index is 12.8. The molecule has 0 radical (unpaired) electrons. The largest absolute Gasteiger partial charge is 0.497 e. The van der Waals surface area contributed by atoms with Gasteiger partial charge in [0.2, 0.25) is 5.91 Å². The van der Waals surface area contributed by atoms with Crippen LogP contribution in [0.25, 0.3) is 32.0 Å². The molecule has 0 fully saturated rings. The van der Waals surface area contributed by atoms with Gasteiger partial charge in [-0.1, -0.05) is 41.7 Å². The van der Waals surface area contributed by atoms with Gasteiger partial charge in [-0.15, -0.1) is 0 Å². The first-order valence-electron chi connectivity index (χ1n) is 9.29. The molecule has 6 nitrogen and oxygen atoms in total. The van der Waals surface area contributed by atoms with Crippen LogP contribution in [0, 0.1) is 0 Å². The van der Waals surface area contributed by atoms with Crippen molar-refractivity contribution in [2.24, 2.45) is 0 Å². The Bertz CT molecular complexity index is 1490. The van der Waals surface area contributed by atoms with E-state index in [2.05, 4.69) is 10.3 Å². The van der Waals surface area contributed by atoms with Crippen molar-refractivity contribution in [2.75, 3.05) is 12.4 Å². The highest BCUT2D eigenvalue weighted by atomic mass is 32.1. The average Bonchev–Trinajstić information content (AvgIpc) is 3.14. The lowest BCUT2D eigenvalue weighted by Gasteiger charge is -2.08. The zero-order valence-electron chi connectivity index (χ0n) is 16.0. The molecule has 0 aliphatic heterocycles.